The Hall–Kier alpha value is -3.19. The van der Waals surface area contributed by atoms with Gasteiger partial charge in [0.25, 0.3) is 11.5 Å². The molecule has 1 amide bonds. The van der Waals surface area contributed by atoms with E-state index in [1.165, 1.54) is 0 Å². The Morgan fingerprint density at radius 3 is 2.86 bits per heavy atom. The van der Waals surface area contributed by atoms with Crippen LogP contribution in [0.2, 0.25) is 0 Å². The molecule has 1 N–H and O–H groups in total. The van der Waals surface area contributed by atoms with Crippen LogP contribution in [0.25, 0.3) is 10.9 Å². The average molecular weight is 379 g/mol. The lowest BCUT2D eigenvalue weighted by molar-refractivity contribution is -0.139. The summed E-state index contributed by atoms with van der Waals surface area (Å²) in [5.74, 6) is 1.03. The summed E-state index contributed by atoms with van der Waals surface area (Å²) in [5, 5.41) is 0.524. The summed E-state index contributed by atoms with van der Waals surface area (Å²) in [6, 6.07) is 14.8. The summed E-state index contributed by atoms with van der Waals surface area (Å²) in [4.78, 5) is 34.3. The molecule has 1 aliphatic rings. The quantitative estimate of drug-likeness (QED) is 0.707. The molecule has 2 aromatic carbocycles. The van der Waals surface area contributed by atoms with Crippen molar-refractivity contribution in [2.75, 3.05) is 20.3 Å². The van der Waals surface area contributed by atoms with Crippen LogP contribution in [-0.4, -0.2) is 47.1 Å². The first-order chi connectivity index (χ1) is 13.7. The number of carbonyl (C=O) groups is 1. The van der Waals surface area contributed by atoms with Gasteiger partial charge in [0, 0.05) is 20.1 Å². The molecule has 0 spiro atoms. The van der Waals surface area contributed by atoms with Gasteiger partial charge >= 0.3 is 0 Å². The highest BCUT2D eigenvalue weighted by Crippen LogP contribution is 2.29. The molecule has 0 unspecified atom stereocenters. The highest BCUT2D eigenvalue weighted by atomic mass is 16.5. The fourth-order valence-electron chi connectivity index (χ4n) is 3.38. The van der Waals surface area contributed by atoms with Gasteiger partial charge in [-0.05, 0) is 23.8 Å². The molecule has 1 atom stereocenters. The minimum absolute atomic E-state index is 0.149. The summed E-state index contributed by atoms with van der Waals surface area (Å²) in [7, 11) is 1.58. The predicted molar refractivity (Wildman–Crippen MR) is 104 cm³/mol. The second kappa shape index (κ2) is 7.82. The molecule has 28 heavy (non-hydrogen) atoms. The van der Waals surface area contributed by atoms with Crippen molar-refractivity contribution in [3.8, 4) is 5.75 Å². The first-order valence-electron chi connectivity index (χ1n) is 9.16. The molecule has 144 valence electrons. The first-order valence-corrected chi connectivity index (χ1v) is 9.16. The number of fused-ring (bicyclic) bond motifs is 2. The number of hydrogen-bond donors (Lipinski definition) is 1. The maximum atomic E-state index is 13.1. The van der Waals surface area contributed by atoms with E-state index < -0.39 is 6.10 Å². The van der Waals surface area contributed by atoms with E-state index in [-0.39, 0.29) is 18.0 Å². The molecule has 0 bridgehead atoms. The predicted octanol–water partition coefficient (Wildman–Crippen LogP) is 1.90. The highest BCUT2D eigenvalue weighted by Gasteiger charge is 2.32. The number of rotatable bonds is 6. The fraction of sp³-hybridized carbons (Fsp3) is 0.286. The lowest BCUT2D eigenvalue weighted by Gasteiger charge is -2.24. The van der Waals surface area contributed by atoms with E-state index in [0.29, 0.717) is 36.3 Å². The molecular weight excluding hydrogens is 358 g/mol. The van der Waals surface area contributed by atoms with Crippen molar-refractivity contribution in [2.24, 2.45) is 0 Å². The van der Waals surface area contributed by atoms with Crippen LogP contribution < -0.4 is 10.3 Å². The summed E-state index contributed by atoms with van der Waals surface area (Å²) < 4.78 is 11.0. The lowest BCUT2D eigenvalue weighted by Crippen LogP contribution is -2.43. The summed E-state index contributed by atoms with van der Waals surface area (Å²) >= 11 is 0. The summed E-state index contributed by atoms with van der Waals surface area (Å²) in [5.41, 5.74) is 1.40. The van der Waals surface area contributed by atoms with Gasteiger partial charge in [0.2, 0.25) is 0 Å². The minimum Gasteiger partial charge on any atom is -0.480 e. The standard InChI is InChI=1S/C21H21N3O4/c1-27-11-10-24(21(26)18-12-14-6-2-5-9-17(14)28-18)13-19-22-16-8-4-3-7-15(16)20(25)23-19/h2-9,18H,10-13H2,1H3,(H,22,23,25)/t18-/m1/s1. The third-order valence-electron chi connectivity index (χ3n) is 4.80. The van der Waals surface area contributed by atoms with Gasteiger partial charge in [-0.3, -0.25) is 9.59 Å². The molecule has 0 radical (unpaired) electrons. The number of para-hydroxylation sites is 2. The van der Waals surface area contributed by atoms with Gasteiger partial charge in [-0.25, -0.2) is 4.98 Å². The number of H-pyrrole nitrogens is 1. The molecule has 0 aliphatic carbocycles. The smallest absolute Gasteiger partial charge is 0.264 e. The average Bonchev–Trinajstić information content (AvgIpc) is 3.15. The number of aromatic nitrogens is 2. The molecule has 1 aromatic heterocycles. The lowest BCUT2D eigenvalue weighted by atomic mass is 10.1. The number of benzene rings is 2. The van der Waals surface area contributed by atoms with Crippen LogP contribution in [0.15, 0.2) is 53.3 Å². The van der Waals surface area contributed by atoms with Crippen LogP contribution in [0.3, 0.4) is 0 Å². The first kappa shape index (κ1) is 18.2. The van der Waals surface area contributed by atoms with Crippen molar-refractivity contribution >= 4 is 16.8 Å². The zero-order valence-corrected chi connectivity index (χ0v) is 15.6. The Balaban J connectivity index is 1.57. The SMILES string of the molecule is COCCN(Cc1nc2ccccc2c(=O)[nH]1)C(=O)[C@H]1Cc2ccccc2O1. The van der Waals surface area contributed by atoms with E-state index in [0.717, 1.165) is 11.3 Å². The second-order valence-electron chi connectivity index (χ2n) is 6.70. The van der Waals surface area contributed by atoms with E-state index in [2.05, 4.69) is 9.97 Å². The molecule has 0 saturated heterocycles. The highest BCUT2D eigenvalue weighted by molar-refractivity contribution is 5.83. The Kier molecular flexibility index (Phi) is 5.08. The normalized spacial score (nSPS) is 15.2. The topological polar surface area (TPSA) is 84.5 Å². The zero-order chi connectivity index (χ0) is 19.5. The van der Waals surface area contributed by atoms with E-state index in [4.69, 9.17) is 9.47 Å². The second-order valence-corrected chi connectivity index (χ2v) is 6.70. The molecule has 4 rings (SSSR count). The number of ether oxygens (including phenoxy) is 2. The largest absolute Gasteiger partial charge is 0.480 e. The van der Waals surface area contributed by atoms with Gasteiger partial charge in [-0.1, -0.05) is 30.3 Å². The monoisotopic (exact) mass is 379 g/mol. The van der Waals surface area contributed by atoms with Crippen molar-refractivity contribution in [3.63, 3.8) is 0 Å². The Labute approximate surface area is 161 Å². The van der Waals surface area contributed by atoms with Gasteiger partial charge in [0.05, 0.1) is 24.1 Å². The number of carbonyl (C=O) groups excluding carboxylic acids is 1. The molecular formula is C21H21N3O4. The summed E-state index contributed by atoms with van der Waals surface area (Å²) in [6.45, 7) is 0.934. The van der Waals surface area contributed by atoms with Gasteiger partial charge in [-0.15, -0.1) is 0 Å². The van der Waals surface area contributed by atoms with Gasteiger partial charge in [0.15, 0.2) is 6.10 Å². The van der Waals surface area contributed by atoms with Crippen LogP contribution in [0, 0.1) is 0 Å². The Bertz CT molecular complexity index is 1040. The number of hydrogen-bond acceptors (Lipinski definition) is 5. The van der Waals surface area contributed by atoms with E-state index >= 15 is 0 Å². The number of aromatic amines is 1. The van der Waals surface area contributed by atoms with Crippen molar-refractivity contribution in [1.29, 1.82) is 0 Å². The number of amides is 1. The molecule has 0 saturated carbocycles. The van der Waals surface area contributed by atoms with Crippen molar-refractivity contribution in [1.82, 2.24) is 14.9 Å². The van der Waals surface area contributed by atoms with Gasteiger partial charge in [-0.2, -0.15) is 0 Å². The Morgan fingerprint density at radius 1 is 1.25 bits per heavy atom. The maximum absolute atomic E-state index is 13.1. The van der Waals surface area contributed by atoms with Crippen LogP contribution in [0.4, 0.5) is 0 Å². The van der Waals surface area contributed by atoms with E-state index in [9.17, 15) is 9.59 Å². The van der Waals surface area contributed by atoms with Crippen molar-refractivity contribution in [3.05, 3.63) is 70.3 Å². The minimum atomic E-state index is -0.582. The van der Waals surface area contributed by atoms with E-state index in [1.807, 2.05) is 30.3 Å². The molecule has 0 fully saturated rings. The van der Waals surface area contributed by atoms with Crippen LogP contribution in [-0.2, 0) is 22.5 Å². The van der Waals surface area contributed by atoms with Crippen LogP contribution >= 0.6 is 0 Å². The molecule has 3 aromatic rings. The van der Waals surface area contributed by atoms with Gasteiger partial charge in [0.1, 0.15) is 11.6 Å². The molecule has 2 heterocycles. The van der Waals surface area contributed by atoms with Gasteiger partial charge < -0.3 is 19.4 Å². The van der Waals surface area contributed by atoms with Crippen LogP contribution in [0.5, 0.6) is 5.75 Å². The third-order valence-corrected chi connectivity index (χ3v) is 4.80. The van der Waals surface area contributed by atoms with E-state index in [1.54, 1.807) is 30.2 Å². The van der Waals surface area contributed by atoms with Crippen molar-refractivity contribution in [2.45, 2.75) is 19.1 Å². The van der Waals surface area contributed by atoms with Crippen LogP contribution in [0.1, 0.15) is 11.4 Å². The molecule has 7 nitrogen and oxygen atoms in total. The van der Waals surface area contributed by atoms with Crippen molar-refractivity contribution < 1.29 is 14.3 Å². The Morgan fingerprint density at radius 2 is 2.04 bits per heavy atom. The fourth-order valence-corrected chi connectivity index (χ4v) is 3.38. The number of nitrogens with zero attached hydrogens (tertiary/aromatic N) is 2. The number of nitrogens with one attached hydrogen (secondary N) is 1. The third kappa shape index (κ3) is 3.61. The zero-order valence-electron chi connectivity index (χ0n) is 15.6. The summed E-state index contributed by atoms with van der Waals surface area (Å²) in [6.07, 6.45) is -0.0541. The maximum Gasteiger partial charge on any atom is 0.264 e. The number of methoxy groups -OCH3 is 1. The molecule has 7 heteroatoms. The molecule has 1 aliphatic heterocycles.